The van der Waals surface area contributed by atoms with E-state index in [9.17, 15) is 9.59 Å². The molecule has 3 aromatic carbocycles. The molecule has 0 aliphatic heterocycles. The van der Waals surface area contributed by atoms with Crippen LogP contribution in [0.5, 0.6) is 11.5 Å². The molecular weight excluding hydrogens is 318 g/mol. The fourth-order valence-electron chi connectivity index (χ4n) is 2.10. The molecule has 0 bridgehead atoms. The van der Waals surface area contributed by atoms with Crippen LogP contribution in [0, 0.1) is 0 Å². The van der Waals surface area contributed by atoms with Gasteiger partial charge in [0.1, 0.15) is 11.5 Å². The van der Waals surface area contributed by atoms with Crippen LogP contribution < -0.4 is 5.73 Å². The highest BCUT2D eigenvalue weighted by Gasteiger charge is 2.06. The number of nitrogens with two attached hydrogens (primary N) is 1. The number of hydrogen-bond donors (Lipinski definition) is 3. The van der Waals surface area contributed by atoms with E-state index < -0.39 is 0 Å². The van der Waals surface area contributed by atoms with Crippen LogP contribution >= 0.6 is 0 Å². The van der Waals surface area contributed by atoms with E-state index in [1.165, 1.54) is 11.1 Å². The van der Waals surface area contributed by atoms with Crippen molar-refractivity contribution in [2.75, 3.05) is 5.73 Å². The SMILES string of the molecule is Nc1ccc(-c2ccccc2)cc1.O=Cc1cc(O)c(C=O)cc1O. The lowest BCUT2D eigenvalue weighted by Gasteiger charge is -2.00. The lowest BCUT2D eigenvalue weighted by molar-refractivity contribution is 0.110. The Morgan fingerprint density at radius 2 is 1.12 bits per heavy atom. The molecule has 0 aromatic heterocycles. The molecule has 0 aliphatic carbocycles. The van der Waals surface area contributed by atoms with Crippen LogP contribution in [-0.2, 0) is 0 Å². The van der Waals surface area contributed by atoms with Crippen LogP contribution in [0.2, 0.25) is 0 Å². The Kier molecular flexibility index (Phi) is 5.90. The molecule has 0 atom stereocenters. The molecule has 0 unspecified atom stereocenters. The van der Waals surface area contributed by atoms with Crippen molar-refractivity contribution < 1.29 is 19.8 Å². The van der Waals surface area contributed by atoms with E-state index in [0.29, 0.717) is 12.6 Å². The summed E-state index contributed by atoms with van der Waals surface area (Å²) in [5.41, 5.74) is 8.75. The monoisotopic (exact) mass is 335 g/mol. The number of carbonyl (C=O) groups is 2. The molecule has 0 heterocycles. The lowest BCUT2D eigenvalue weighted by Crippen LogP contribution is -1.86. The van der Waals surface area contributed by atoms with Gasteiger partial charge in [-0.05, 0) is 35.4 Å². The number of aldehydes is 2. The zero-order chi connectivity index (χ0) is 18.2. The van der Waals surface area contributed by atoms with Crippen molar-refractivity contribution in [3.8, 4) is 22.6 Å². The standard InChI is InChI=1S/C12H11N.C8H6O4/c13-12-8-6-11(7-9-12)10-4-2-1-3-5-10;9-3-5-1-7(11)6(4-10)2-8(5)12/h1-9H,13H2;1-4,11-12H. The number of anilines is 1. The molecule has 3 rings (SSSR count). The van der Waals surface area contributed by atoms with E-state index in [2.05, 4.69) is 12.1 Å². The molecule has 126 valence electrons. The molecule has 5 heteroatoms. The Morgan fingerprint density at radius 1 is 0.680 bits per heavy atom. The second kappa shape index (κ2) is 8.31. The Labute approximate surface area is 145 Å². The van der Waals surface area contributed by atoms with E-state index in [4.69, 9.17) is 15.9 Å². The largest absolute Gasteiger partial charge is 0.507 e. The quantitative estimate of drug-likeness (QED) is 0.385. The molecule has 0 radical (unpaired) electrons. The fourth-order valence-corrected chi connectivity index (χ4v) is 2.10. The molecule has 0 fully saturated rings. The third-order valence-electron chi connectivity index (χ3n) is 3.45. The van der Waals surface area contributed by atoms with E-state index in [1.54, 1.807) is 0 Å². The van der Waals surface area contributed by atoms with Gasteiger partial charge in [0.2, 0.25) is 0 Å². The predicted molar refractivity (Wildman–Crippen MR) is 96.8 cm³/mol. The summed E-state index contributed by atoms with van der Waals surface area (Å²) in [6.07, 6.45) is 0.785. The van der Waals surface area contributed by atoms with Crippen LogP contribution in [-0.4, -0.2) is 22.8 Å². The lowest BCUT2D eigenvalue weighted by atomic mass is 10.1. The van der Waals surface area contributed by atoms with Crippen molar-refractivity contribution in [2.24, 2.45) is 0 Å². The van der Waals surface area contributed by atoms with Gasteiger partial charge in [0, 0.05) is 5.69 Å². The van der Waals surface area contributed by atoms with Crippen molar-refractivity contribution >= 4 is 18.3 Å². The van der Waals surface area contributed by atoms with E-state index in [-0.39, 0.29) is 22.6 Å². The molecule has 0 amide bonds. The number of carbonyl (C=O) groups excluding carboxylic acids is 2. The summed E-state index contributed by atoms with van der Waals surface area (Å²) in [5, 5.41) is 18.1. The fraction of sp³-hybridized carbons (Fsp3) is 0. The highest BCUT2D eigenvalue weighted by molar-refractivity contribution is 5.86. The molecular formula is C20H17NO4. The highest BCUT2D eigenvalue weighted by atomic mass is 16.3. The van der Waals surface area contributed by atoms with Crippen LogP contribution in [0.25, 0.3) is 11.1 Å². The number of benzene rings is 3. The highest BCUT2D eigenvalue weighted by Crippen LogP contribution is 2.24. The Morgan fingerprint density at radius 3 is 1.56 bits per heavy atom. The zero-order valence-electron chi connectivity index (χ0n) is 13.3. The maximum absolute atomic E-state index is 10.2. The third-order valence-corrected chi connectivity index (χ3v) is 3.45. The third kappa shape index (κ3) is 4.68. The van der Waals surface area contributed by atoms with Gasteiger partial charge in [0.25, 0.3) is 0 Å². The number of aromatic hydroxyl groups is 2. The van der Waals surface area contributed by atoms with Gasteiger partial charge >= 0.3 is 0 Å². The predicted octanol–water partition coefficient (Wildman–Crippen LogP) is 3.66. The summed E-state index contributed by atoms with van der Waals surface area (Å²) in [5.74, 6) is -0.630. The summed E-state index contributed by atoms with van der Waals surface area (Å²) >= 11 is 0. The van der Waals surface area contributed by atoms with Crippen LogP contribution in [0.1, 0.15) is 20.7 Å². The Hall–Kier alpha value is -3.60. The number of phenols is 2. The molecule has 0 aliphatic rings. The molecule has 0 saturated carbocycles. The van der Waals surface area contributed by atoms with Gasteiger partial charge in [0.05, 0.1) is 11.1 Å². The average Bonchev–Trinajstić information content (AvgIpc) is 2.65. The van der Waals surface area contributed by atoms with Crippen molar-refractivity contribution in [3.05, 3.63) is 77.9 Å². The van der Waals surface area contributed by atoms with Gasteiger partial charge in [-0.1, -0.05) is 42.5 Å². The summed E-state index contributed by atoms with van der Waals surface area (Å²) in [6.45, 7) is 0. The minimum Gasteiger partial charge on any atom is -0.507 e. The van der Waals surface area contributed by atoms with Crippen molar-refractivity contribution in [3.63, 3.8) is 0 Å². The summed E-state index contributed by atoms with van der Waals surface area (Å²) in [4.78, 5) is 20.4. The van der Waals surface area contributed by atoms with Gasteiger partial charge in [-0.3, -0.25) is 9.59 Å². The Bertz CT molecular complexity index is 825. The Balaban J connectivity index is 0.000000181. The van der Waals surface area contributed by atoms with E-state index in [0.717, 1.165) is 17.8 Å². The second-order valence-electron chi connectivity index (χ2n) is 5.19. The van der Waals surface area contributed by atoms with Crippen molar-refractivity contribution in [2.45, 2.75) is 0 Å². The maximum atomic E-state index is 10.2. The first kappa shape index (κ1) is 17.7. The first-order chi connectivity index (χ1) is 12.0. The zero-order valence-corrected chi connectivity index (χ0v) is 13.3. The number of hydrogen-bond acceptors (Lipinski definition) is 5. The van der Waals surface area contributed by atoms with Crippen molar-refractivity contribution in [1.82, 2.24) is 0 Å². The first-order valence-electron chi connectivity index (χ1n) is 7.42. The number of nitrogen functional groups attached to an aromatic ring is 1. The van der Waals surface area contributed by atoms with Gasteiger partial charge in [-0.15, -0.1) is 0 Å². The minimum atomic E-state index is -0.315. The molecule has 5 nitrogen and oxygen atoms in total. The average molecular weight is 335 g/mol. The molecule has 3 aromatic rings. The topological polar surface area (TPSA) is 101 Å². The van der Waals surface area contributed by atoms with Gasteiger partial charge in [-0.25, -0.2) is 0 Å². The second-order valence-corrected chi connectivity index (χ2v) is 5.19. The molecule has 0 spiro atoms. The minimum absolute atomic E-state index is 0.0434. The van der Waals surface area contributed by atoms with Gasteiger partial charge in [0.15, 0.2) is 12.6 Å². The molecule has 4 N–H and O–H groups in total. The van der Waals surface area contributed by atoms with E-state index in [1.807, 2.05) is 42.5 Å². The van der Waals surface area contributed by atoms with Gasteiger partial charge < -0.3 is 15.9 Å². The summed E-state index contributed by atoms with van der Waals surface area (Å²) < 4.78 is 0. The molecule has 0 saturated heterocycles. The van der Waals surface area contributed by atoms with Crippen LogP contribution in [0.3, 0.4) is 0 Å². The van der Waals surface area contributed by atoms with Crippen LogP contribution in [0.4, 0.5) is 5.69 Å². The first-order valence-corrected chi connectivity index (χ1v) is 7.42. The van der Waals surface area contributed by atoms with Gasteiger partial charge in [-0.2, -0.15) is 0 Å². The molecule has 25 heavy (non-hydrogen) atoms. The number of rotatable bonds is 3. The maximum Gasteiger partial charge on any atom is 0.153 e. The smallest absolute Gasteiger partial charge is 0.153 e. The number of phenolic OH excluding ortho intramolecular Hbond substituents is 2. The van der Waals surface area contributed by atoms with Crippen molar-refractivity contribution in [1.29, 1.82) is 0 Å². The summed E-state index contributed by atoms with van der Waals surface area (Å²) in [6, 6.07) is 20.2. The summed E-state index contributed by atoms with van der Waals surface area (Å²) in [7, 11) is 0. The normalized spacial score (nSPS) is 9.60. The van der Waals surface area contributed by atoms with Crippen LogP contribution in [0.15, 0.2) is 66.7 Å². The van der Waals surface area contributed by atoms with E-state index >= 15 is 0 Å².